The molecule has 0 radical (unpaired) electrons. The lowest BCUT2D eigenvalue weighted by Gasteiger charge is -2.32. The monoisotopic (exact) mass is 387 g/mol. The van der Waals surface area contributed by atoms with Crippen LogP contribution in [0.15, 0.2) is 41.3 Å². The second-order valence-corrected chi connectivity index (χ2v) is 9.16. The summed E-state index contributed by atoms with van der Waals surface area (Å²) in [4.78, 5) is 15.3. The Morgan fingerprint density at radius 3 is 2.56 bits per heavy atom. The number of sulfonamides is 1. The van der Waals surface area contributed by atoms with Crippen molar-refractivity contribution in [2.75, 3.05) is 30.5 Å². The van der Waals surface area contributed by atoms with E-state index in [0.717, 1.165) is 44.3 Å². The SMILES string of the molecule is CCCN1CCC(NC(=O)CN2c3cccc4cccc(c34)S2(=O)=O)CC1. The molecular weight excluding hydrogens is 362 g/mol. The molecule has 0 bridgehead atoms. The molecule has 144 valence electrons. The smallest absolute Gasteiger partial charge is 0.265 e. The Balaban J connectivity index is 1.47. The van der Waals surface area contributed by atoms with Crippen LogP contribution in [0.2, 0.25) is 0 Å². The lowest BCUT2D eigenvalue weighted by atomic mass is 10.0. The Kier molecular flexibility index (Phi) is 4.82. The molecule has 1 N–H and O–H groups in total. The summed E-state index contributed by atoms with van der Waals surface area (Å²) in [7, 11) is -3.69. The Labute approximate surface area is 160 Å². The van der Waals surface area contributed by atoms with Crippen molar-refractivity contribution in [3.05, 3.63) is 36.4 Å². The number of carbonyl (C=O) groups excluding carboxylic acids is 1. The molecule has 2 aromatic carbocycles. The van der Waals surface area contributed by atoms with Gasteiger partial charge in [0.25, 0.3) is 10.0 Å². The third-order valence-corrected chi connectivity index (χ3v) is 7.26. The lowest BCUT2D eigenvalue weighted by Crippen LogP contribution is -2.48. The molecule has 2 aliphatic heterocycles. The van der Waals surface area contributed by atoms with Gasteiger partial charge < -0.3 is 10.2 Å². The van der Waals surface area contributed by atoms with Gasteiger partial charge in [0.2, 0.25) is 5.91 Å². The fraction of sp³-hybridized carbons (Fsp3) is 0.450. The molecule has 0 aliphatic carbocycles. The third kappa shape index (κ3) is 3.30. The molecule has 0 aromatic heterocycles. The summed E-state index contributed by atoms with van der Waals surface area (Å²) in [5.41, 5.74) is 0.594. The van der Waals surface area contributed by atoms with E-state index >= 15 is 0 Å². The number of carbonyl (C=O) groups is 1. The van der Waals surface area contributed by atoms with Gasteiger partial charge in [-0.1, -0.05) is 31.2 Å². The van der Waals surface area contributed by atoms with Crippen LogP contribution in [-0.4, -0.2) is 51.4 Å². The molecule has 2 aromatic rings. The zero-order valence-electron chi connectivity index (χ0n) is 15.5. The Hall–Kier alpha value is -2.12. The van der Waals surface area contributed by atoms with Gasteiger partial charge in [0.05, 0.1) is 10.6 Å². The molecule has 2 aliphatic rings. The van der Waals surface area contributed by atoms with Gasteiger partial charge in [-0.15, -0.1) is 0 Å². The summed E-state index contributed by atoms with van der Waals surface area (Å²) in [6.07, 6.45) is 2.96. The molecule has 2 heterocycles. The number of anilines is 1. The van der Waals surface area contributed by atoms with Crippen LogP contribution in [0.4, 0.5) is 5.69 Å². The quantitative estimate of drug-likeness (QED) is 0.855. The highest BCUT2D eigenvalue weighted by molar-refractivity contribution is 7.93. The van der Waals surface area contributed by atoms with Crippen molar-refractivity contribution in [2.45, 2.75) is 37.1 Å². The molecule has 27 heavy (non-hydrogen) atoms. The van der Waals surface area contributed by atoms with Crippen LogP contribution in [0.25, 0.3) is 10.8 Å². The van der Waals surface area contributed by atoms with Crippen LogP contribution in [0.3, 0.4) is 0 Å². The number of likely N-dealkylation sites (tertiary alicyclic amines) is 1. The first kappa shape index (κ1) is 18.3. The number of benzene rings is 2. The van der Waals surface area contributed by atoms with Crippen molar-refractivity contribution >= 4 is 32.4 Å². The number of piperidine rings is 1. The van der Waals surface area contributed by atoms with E-state index < -0.39 is 10.0 Å². The minimum Gasteiger partial charge on any atom is -0.352 e. The third-order valence-electron chi connectivity index (χ3n) is 5.46. The number of hydrogen-bond donors (Lipinski definition) is 1. The van der Waals surface area contributed by atoms with Crippen molar-refractivity contribution in [3.63, 3.8) is 0 Å². The first-order valence-corrected chi connectivity index (χ1v) is 11.0. The van der Waals surface area contributed by atoms with Crippen molar-refractivity contribution in [1.82, 2.24) is 10.2 Å². The van der Waals surface area contributed by atoms with Gasteiger partial charge in [-0.25, -0.2) is 8.42 Å². The average Bonchev–Trinajstić information content (AvgIpc) is 2.87. The molecule has 4 rings (SSSR count). The number of rotatable bonds is 5. The van der Waals surface area contributed by atoms with E-state index in [4.69, 9.17) is 0 Å². The highest BCUT2D eigenvalue weighted by Gasteiger charge is 2.36. The second-order valence-electron chi connectivity index (χ2n) is 7.33. The van der Waals surface area contributed by atoms with Gasteiger partial charge in [0, 0.05) is 24.5 Å². The van der Waals surface area contributed by atoms with Crippen LogP contribution in [-0.2, 0) is 14.8 Å². The maximum Gasteiger partial charge on any atom is 0.265 e. The largest absolute Gasteiger partial charge is 0.352 e. The number of nitrogens with zero attached hydrogens (tertiary/aromatic N) is 2. The topological polar surface area (TPSA) is 69.7 Å². The maximum absolute atomic E-state index is 12.9. The molecule has 1 saturated heterocycles. The molecule has 0 atom stereocenters. The highest BCUT2D eigenvalue weighted by Crippen LogP contribution is 2.41. The Bertz CT molecular complexity index is 960. The fourth-order valence-electron chi connectivity index (χ4n) is 4.15. The fourth-order valence-corrected chi connectivity index (χ4v) is 5.82. The summed E-state index contributed by atoms with van der Waals surface area (Å²) in [5.74, 6) is -0.239. The molecule has 0 saturated carbocycles. The summed E-state index contributed by atoms with van der Waals surface area (Å²) >= 11 is 0. The summed E-state index contributed by atoms with van der Waals surface area (Å²) in [6.45, 7) is 5.04. The van der Waals surface area contributed by atoms with E-state index in [0.29, 0.717) is 11.1 Å². The van der Waals surface area contributed by atoms with E-state index in [1.807, 2.05) is 18.2 Å². The van der Waals surface area contributed by atoms with Crippen molar-refractivity contribution in [1.29, 1.82) is 0 Å². The molecule has 0 unspecified atom stereocenters. The van der Waals surface area contributed by atoms with E-state index in [-0.39, 0.29) is 23.4 Å². The van der Waals surface area contributed by atoms with Crippen LogP contribution in [0, 0.1) is 0 Å². The van der Waals surface area contributed by atoms with E-state index in [9.17, 15) is 13.2 Å². The van der Waals surface area contributed by atoms with Crippen LogP contribution in [0.5, 0.6) is 0 Å². The maximum atomic E-state index is 12.9. The van der Waals surface area contributed by atoms with Crippen LogP contribution >= 0.6 is 0 Å². The Morgan fingerprint density at radius 1 is 1.15 bits per heavy atom. The van der Waals surface area contributed by atoms with Gasteiger partial charge in [0.1, 0.15) is 6.54 Å². The minimum atomic E-state index is -3.69. The molecule has 0 spiro atoms. The van der Waals surface area contributed by atoms with Crippen LogP contribution < -0.4 is 9.62 Å². The standard InChI is InChI=1S/C20H25N3O3S/c1-2-11-22-12-9-16(10-13-22)21-19(24)14-23-17-7-3-5-15-6-4-8-18(20(15)17)27(23,25)26/h3-8,16H,2,9-14H2,1H3,(H,21,24). The first-order valence-electron chi connectivity index (χ1n) is 9.57. The van der Waals surface area contributed by atoms with Crippen molar-refractivity contribution < 1.29 is 13.2 Å². The molecule has 6 nitrogen and oxygen atoms in total. The normalized spacial score (nSPS) is 19.5. The van der Waals surface area contributed by atoms with Gasteiger partial charge in [-0.2, -0.15) is 0 Å². The lowest BCUT2D eigenvalue weighted by molar-refractivity contribution is -0.120. The zero-order valence-corrected chi connectivity index (χ0v) is 16.3. The average molecular weight is 388 g/mol. The predicted octanol–water partition coefficient (Wildman–Crippen LogP) is 2.34. The molecular formula is C20H25N3O3S. The number of hydrogen-bond acceptors (Lipinski definition) is 4. The predicted molar refractivity (Wildman–Crippen MR) is 106 cm³/mol. The van der Waals surface area contributed by atoms with Gasteiger partial charge in [0.15, 0.2) is 0 Å². The van der Waals surface area contributed by atoms with Crippen LogP contribution in [0.1, 0.15) is 26.2 Å². The van der Waals surface area contributed by atoms with E-state index in [1.54, 1.807) is 18.2 Å². The number of amides is 1. The van der Waals surface area contributed by atoms with Gasteiger partial charge in [-0.3, -0.25) is 9.10 Å². The van der Waals surface area contributed by atoms with Gasteiger partial charge >= 0.3 is 0 Å². The summed E-state index contributed by atoms with van der Waals surface area (Å²) < 4.78 is 27.1. The molecule has 7 heteroatoms. The number of nitrogens with one attached hydrogen (secondary N) is 1. The first-order chi connectivity index (χ1) is 13.0. The Morgan fingerprint density at radius 2 is 1.85 bits per heavy atom. The molecule has 1 amide bonds. The zero-order chi connectivity index (χ0) is 19.0. The highest BCUT2D eigenvalue weighted by atomic mass is 32.2. The van der Waals surface area contributed by atoms with Crippen molar-refractivity contribution in [2.24, 2.45) is 0 Å². The van der Waals surface area contributed by atoms with E-state index in [1.165, 1.54) is 4.31 Å². The van der Waals surface area contributed by atoms with Gasteiger partial charge in [-0.05, 0) is 43.3 Å². The summed E-state index contributed by atoms with van der Waals surface area (Å²) in [6, 6.07) is 10.9. The van der Waals surface area contributed by atoms with Crippen molar-refractivity contribution in [3.8, 4) is 0 Å². The molecule has 1 fully saturated rings. The summed E-state index contributed by atoms with van der Waals surface area (Å²) in [5, 5.41) is 4.62. The minimum absolute atomic E-state index is 0.120. The van der Waals surface area contributed by atoms with E-state index in [2.05, 4.69) is 17.1 Å². The second kappa shape index (κ2) is 7.13.